The topological polar surface area (TPSA) is 223 Å². The van der Waals surface area contributed by atoms with Crippen molar-refractivity contribution in [3.8, 4) is 0 Å². The van der Waals surface area contributed by atoms with Crippen LogP contribution in [0.3, 0.4) is 0 Å². The third kappa shape index (κ3) is 21.9. The van der Waals surface area contributed by atoms with Crippen LogP contribution in [0.4, 0.5) is 0 Å². The van der Waals surface area contributed by atoms with Crippen molar-refractivity contribution in [2.45, 2.75) is 189 Å². The number of aliphatic hydroxyl groups excluding tert-OH is 2. The zero-order valence-corrected chi connectivity index (χ0v) is 34.1. The number of hydrogen-bond donors (Lipinski definition) is 8. The summed E-state index contributed by atoms with van der Waals surface area (Å²) in [4.78, 5) is 76.7. The van der Waals surface area contributed by atoms with E-state index in [1.165, 1.54) is 26.2 Å². The average molecular weight is 756 g/mol. The first-order chi connectivity index (χ1) is 24.7. The van der Waals surface area contributed by atoms with Gasteiger partial charge in [0, 0.05) is 6.42 Å². The number of amides is 5. The van der Waals surface area contributed by atoms with Gasteiger partial charge in [0.1, 0.15) is 18.1 Å². The van der Waals surface area contributed by atoms with E-state index in [0.29, 0.717) is 19.3 Å². The zero-order chi connectivity index (χ0) is 40.8. The summed E-state index contributed by atoms with van der Waals surface area (Å²) in [7, 11) is 0. The minimum absolute atomic E-state index is 0.0156. The Kier molecular flexibility index (Phi) is 24.9. The van der Waals surface area contributed by atoms with E-state index in [1.807, 2.05) is 41.5 Å². The van der Waals surface area contributed by atoms with Crippen molar-refractivity contribution in [2.24, 2.45) is 23.7 Å². The lowest BCUT2D eigenvalue weighted by atomic mass is 9.95. The summed E-state index contributed by atoms with van der Waals surface area (Å²) in [5, 5.41) is 44.2. The Hall–Kier alpha value is -3.26. The maximum absolute atomic E-state index is 13.6. The Morgan fingerprint density at radius 2 is 0.943 bits per heavy atom. The van der Waals surface area contributed by atoms with Crippen LogP contribution in [-0.2, 0) is 28.8 Å². The summed E-state index contributed by atoms with van der Waals surface area (Å²) in [6.45, 7) is 18.3. The molecule has 7 unspecified atom stereocenters. The van der Waals surface area contributed by atoms with Crippen LogP contribution >= 0.6 is 0 Å². The minimum atomic E-state index is -1.33. The van der Waals surface area contributed by atoms with Gasteiger partial charge >= 0.3 is 5.97 Å². The highest BCUT2D eigenvalue weighted by Gasteiger charge is 2.34. The van der Waals surface area contributed by atoms with Crippen LogP contribution in [0, 0.1) is 23.7 Å². The molecule has 5 amide bonds. The van der Waals surface area contributed by atoms with Gasteiger partial charge < -0.3 is 41.9 Å². The van der Waals surface area contributed by atoms with Gasteiger partial charge in [0.15, 0.2) is 0 Å². The number of aliphatic hydroxyl groups is 2. The fourth-order valence-electron chi connectivity index (χ4n) is 6.04. The lowest BCUT2D eigenvalue weighted by Gasteiger charge is -2.31. The van der Waals surface area contributed by atoms with Crippen LogP contribution < -0.4 is 26.6 Å². The molecule has 0 aliphatic carbocycles. The van der Waals surface area contributed by atoms with Crippen molar-refractivity contribution in [1.82, 2.24) is 26.6 Å². The van der Waals surface area contributed by atoms with Crippen LogP contribution in [0.2, 0.25) is 0 Å². The largest absolute Gasteiger partial charge is 0.481 e. The molecule has 14 heteroatoms. The molecule has 0 aromatic carbocycles. The summed E-state index contributed by atoms with van der Waals surface area (Å²) in [6, 6.07) is -4.60. The number of carbonyl (C=O) groups is 6. The van der Waals surface area contributed by atoms with E-state index < -0.39 is 84.9 Å². The number of nitrogens with one attached hydrogen (secondary N) is 5. The summed E-state index contributed by atoms with van der Waals surface area (Å²) in [5.41, 5.74) is 0. The Morgan fingerprint density at radius 3 is 1.42 bits per heavy atom. The minimum Gasteiger partial charge on any atom is -0.481 e. The number of carboxylic acid groups (broad SMARTS) is 1. The fourth-order valence-corrected chi connectivity index (χ4v) is 6.04. The molecule has 0 aromatic heterocycles. The summed E-state index contributed by atoms with van der Waals surface area (Å²) >= 11 is 0. The van der Waals surface area contributed by atoms with Gasteiger partial charge in [-0.15, -0.1) is 0 Å². The quantitative estimate of drug-likeness (QED) is 0.0546. The molecule has 0 aromatic rings. The molecule has 0 spiro atoms. The molecule has 0 radical (unpaired) electrons. The normalized spacial score (nSPS) is 15.6. The van der Waals surface area contributed by atoms with Gasteiger partial charge in [-0.05, 0) is 49.9 Å². The van der Waals surface area contributed by atoms with E-state index in [1.54, 1.807) is 13.8 Å². The van der Waals surface area contributed by atoms with E-state index in [9.17, 15) is 39.0 Å². The van der Waals surface area contributed by atoms with Crippen LogP contribution in [0.1, 0.15) is 146 Å². The Morgan fingerprint density at radius 1 is 0.509 bits per heavy atom. The van der Waals surface area contributed by atoms with E-state index in [0.717, 1.165) is 25.7 Å². The van der Waals surface area contributed by atoms with E-state index in [-0.39, 0.29) is 29.6 Å². The highest BCUT2D eigenvalue weighted by molar-refractivity contribution is 5.92. The molecule has 0 aliphatic heterocycles. The average Bonchev–Trinajstić information content (AvgIpc) is 3.03. The van der Waals surface area contributed by atoms with Crippen molar-refractivity contribution < 1.29 is 44.1 Å². The molecular weight excluding hydrogens is 682 g/mol. The van der Waals surface area contributed by atoms with Crippen molar-refractivity contribution in [3.63, 3.8) is 0 Å². The predicted molar refractivity (Wildman–Crippen MR) is 205 cm³/mol. The SMILES string of the molecule is CCCCCCCCCC(=O)NC(C(=O)NC(C(=O)NC(CC(C)C)C(O)CC(=O)NC(C)C(=O)NC(CC(C)C)C(O)CC(=O)O)C(C)C)C(C)C. The predicted octanol–water partition coefficient (Wildman–Crippen LogP) is 3.56. The van der Waals surface area contributed by atoms with Gasteiger partial charge in [-0.1, -0.05) is 101 Å². The first-order valence-electron chi connectivity index (χ1n) is 19.8. The fraction of sp³-hybridized carbons (Fsp3) is 0.846. The Balaban J connectivity index is 5.48. The van der Waals surface area contributed by atoms with Crippen LogP contribution in [0.15, 0.2) is 0 Å². The zero-order valence-electron chi connectivity index (χ0n) is 34.1. The first kappa shape index (κ1) is 49.7. The molecule has 14 nitrogen and oxygen atoms in total. The van der Waals surface area contributed by atoms with E-state index in [4.69, 9.17) is 5.11 Å². The second-order valence-corrected chi connectivity index (χ2v) is 16.1. The number of aliphatic carboxylic acids is 1. The molecule has 0 fully saturated rings. The maximum atomic E-state index is 13.6. The van der Waals surface area contributed by atoms with E-state index >= 15 is 0 Å². The second-order valence-electron chi connectivity index (χ2n) is 16.1. The van der Waals surface area contributed by atoms with Crippen molar-refractivity contribution >= 4 is 35.5 Å². The number of carbonyl (C=O) groups excluding carboxylic acids is 5. The number of hydrogen-bond acceptors (Lipinski definition) is 8. The molecular formula is C39H73N5O9. The molecule has 308 valence electrons. The molecule has 0 aliphatic rings. The third-order valence-electron chi connectivity index (χ3n) is 9.10. The lowest BCUT2D eigenvalue weighted by molar-refractivity contribution is -0.140. The first-order valence-corrected chi connectivity index (χ1v) is 19.8. The molecule has 0 heterocycles. The van der Waals surface area contributed by atoms with Crippen LogP contribution in [0.5, 0.6) is 0 Å². The molecule has 0 bridgehead atoms. The van der Waals surface area contributed by atoms with Gasteiger partial charge in [0.25, 0.3) is 0 Å². The summed E-state index contributed by atoms with van der Waals surface area (Å²) in [5.74, 6) is -4.26. The van der Waals surface area contributed by atoms with E-state index in [2.05, 4.69) is 33.5 Å². The maximum Gasteiger partial charge on any atom is 0.306 e. The van der Waals surface area contributed by atoms with Gasteiger partial charge in [-0.25, -0.2) is 0 Å². The van der Waals surface area contributed by atoms with Crippen LogP contribution in [0.25, 0.3) is 0 Å². The van der Waals surface area contributed by atoms with Crippen LogP contribution in [-0.4, -0.2) is 93.2 Å². The molecule has 0 rings (SSSR count). The van der Waals surface area contributed by atoms with Crippen molar-refractivity contribution in [2.75, 3.05) is 0 Å². The lowest BCUT2D eigenvalue weighted by Crippen LogP contribution is -2.59. The molecule has 53 heavy (non-hydrogen) atoms. The van der Waals surface area contributed by atoms with Gasteiger partial charge in [-0.3, -0.25) is 28.8 Å². The molecule has 0 saturated heterocycles. The molecule has 0 saturated carbocycles. The monoisotopic (exact) mass is 756 g/mol. The smallest absolute Gasteiger partial charge is 0.306 e. The Labute approximate surface area is 318 Å². The summed E-state index contributed by atoms with van der Waals surface area (Å²) < 4.78 is 0. The third-order valence-corrected chi connectivity index (χ3v) is 9.10. The highest BCUT2D eigenvalue weighted by atomic mass is 16.4. The number of rotatable bonds is 28. The standard InChI is InChI=1S/C39H73N5O9/c1-11-12-13-14-15-16-17-18-32(47)43-35(25(6)7)39(53)44-36(26(8)9)38(52)42-28(19-23(2)3)30(45)21-33(48)40-27(10)37(51)41-29(20-24(4)5)31(46)22-34(49)50/h23-31,35-36,45-46H,11-22H2,1-10H3,(H,40,48)(H,41,51)(H,42,52)(H,43,47)(H,44,53)(H,49,50). The Bertz CT molecular complexity index is 1130. The van der Waals surface area contributed by atoms with Gasteiger partial charge in [0.05, 0.1) is 37.1 Å². The second kappa shape index (κ2) is 26.5. The molecule has 8 N–H and O–H groups in total. The number of carboxylic acids is 1. The number of unbranched alkanes of at least 4 members (excludes halogenated alkanes) is 6. The van der Waals surface area contributed by atoms with Crippen molar-refractivity contribution in [3.05, 3.63) is 0 Å². The van der Waals surface area contributed by atoms with Crippen molar-refractivity contribution in [1.29, 1.82) is 0 Å². The van der Waals surface area contributed by atoms with Gasteiger partial charge in [0.2, 0.25) is 29.5 Å². The highest BCUT2D eigenvalue weighted by Crippen LogP contribution is 2.15. The van der Waals surface area contributed by atoms with Gasteiger partial charge in [-0.2, -0.15) is 0 Å². The molecule has 7 atom stereocenters. The summed E-state index contributed by atoms with van der Waals surface area (Å²) in [6.07, 6.45) is 4.80.